The molecule has 774 valence electrons. The average Bonchev–Trinajstić information content (AvgIpc) is 0.876. The number of likely N-dealkylation sites (tertiary alicyclic amines) is 1. The average molecular weight is 2030 g/mol. The van der Waals surface area contributed by atoms with Gasteiger partial charge in [-0.2, -0.15) is 0 Å². The van der Waals surface area contributed by atoms with Crippen LogP contribution < -0.4 is 37.9 Å². The first kappa shape index (κ1) is 117. The van der Waals surface area contributed by atoms with Crippen molar-refractivity contribution in [3.63, 3.8) is 0 Å². The van der Waals surface area contributed by atoms with Gasteiger partial charge in [0.1, 0.15) is 52.8 Å². The summed E-state index contributed by atoms with van der Waals surface area (Å²) in [7, 11) is -4.96. The number of methoxy groups -OCH3 is 2. The van der Waals surface area contributed by atoms with E-state index < -0.39 is 161 Å². The summed E-state index contributed by atoms with van der Waals surface area (Å²) in [4.78, 5) is 120. The molecule has 9 atom stereocenters. The first-order chi connectivity index (χ1) is 67.4. The molecule has 0 saturated carbocycles. The third-order valence-corrected chi connectivity index (χ3v) is 29.3. The van der Waals surface area contributed by atoms with Crippen LogP contribution in [-0.2, 0) is 105 Å². The summed E-state index contributed by atoms with van der Waals surface area (Å²) in [6.45, 7) is 12.2. The van der Waals surface area contributed by atoms with E-state index in [2.05, 4.69) is 30.7 Å². The molecule has 29 nitrogen and oxygen atoms in total. The zero-order valence-corrected chi connectivity index (χ0v) is 84.8. The van der Waals surface area contributed by atoms with Crippen LogP contribution in [0.2, 0.25) is 0 Å². The van der Waals surface area contributed by atoms with E-state index in [9.17, 15) is 88.1 Å². The summed E-state index contributed by atoms with van der Waals surface area (Å²) < 4.78 is 121. The molecule has 1 aliphatic heterocycles. The number of pyridine rings is 1. The number of carbonyl (C=O) groups excluding carboxylic acids is 8. The van der Waals surface area contributed by atoms with Crippen molar-refractivity contribution in [3.05, 3.63) is 273 Å². The van der Waals surface area contributed by atoms with Crippen LogP contribution >= 0.6 is 12.4 Å². The van der Waals surface area contributed by atoms with Gasteiger partial charge in [0.15, 0.2) is 19.7 Å². The van der Waals surface area contributed by atoms with E-state index in [1.807, 2.05) is 126 Å². The third-order valence-electron chi connectivity index (χ3n) is 24.7. The van der Waals surface area contributed by atoms with Gasteiger partial charge in [0, 0.05) is 119 Å². The number of aromatic nitrogens is 2. The van der Waals surface area contributed by atoms with E-state index in [0.717, 1.165) is 107 Å². The number of ether oxygens (including phenoxy) is 2. The Morgan fingerprint density at radius 2 is 0.887 bits per heavy atom. The van der Waals surface area contributed by atoms with Crippen LogP contribution in [0.1, 0.15) is 203 Å². The molecule has 0 aliphatic carbocycles. The van der Waals surface area contributed by atoms with Crippen LogP contribution in [0.3, 0.4) is 0 Å². The smallest absolute Gasteiger partial charge is 0.306 e. The maximum atomic E-state index is 14.6. The summed E-state index contributed by atoms with van der Waals surface area (Å²) >= 11 is 0. The Morgan fingerprint density at radius 3 is 1.33 bits per heavy atom. The molecule has 1 aliphatic rings. The lowest BCUT2D eigenvalue weighted by Gasteiger charge is -2.32. The molecule has 142 heavy (non-hydrogen) atoms. The van der Waals surface area contributed by atoms with Gasteiger partial charge < -0.3 is 82.5 Å². The lowest BCUT2D eigenvalue weighted by Crippen LogP contribution is -2.55. The molecule has 7 aromatic carbocycles. The number of benzene rings is 7. The molecule has 36 heteroatoms. The highest BCUT2D eigenvalue weighted by molar-refractivity contribution is 7.92. The molecule has 7 amide bonds. The van der Waals surface area contributed by atoms with Crippen LogP contribution in [0.5, 0.6) is 5.75 Å². The number of esters is 1. The van der Waals surface area contributed by atoms with Gasteiger partial charge in [0.05, 0.1) is 61.0 Å². The fourth-order valence-corrected chi connectivity index (χ4v) is 21.3. The summed E-state index contributed by atoms with van der Waals surface area (Å²) in [6, 6.07) is 42.4. The third kappa shape index (κ3) is 38.3. The predicted octanol–water partition coefficient (Wildman–Crippen LogP) is 12.4. The summed E-state index contributed by atoms with van der Waals surface area (Å²) in [6.07, 6.45) is 7.97. The zero-order valence-electron chi connectivity index (χ0n) is 82.3. The number of rotatable bonds is 52. The predicted molar refractivity (Wildman–Crippen MR) is 543 cm³/mol. The SMILES string of the molecule is CCCC(CCC)S(=O)(=O)CC(NC(=O)c1ccc2cc[nH]c2c1)C(=O)N(Cc1cccc(CC)c1)C[C@@H](O)[C@@H](N)Cc1cc(F)cc(F)c1.CCCC(CCC)S(=O)(=O)CC(NC(=O)c1ccccn1)C(=O)N(Cc1cccc(CC)c1)C[C@@H](O)[C@@H](N)Cc1cc(F)cc(F)c1.COC(=O)CCC(=O)N[C@@H](CCC(=O)N1CCCCC1)C(=O)N(Cc1cccc(OC)c1)C[C@@H](O)[C@@H](N)Cc1ccccc1.Cl. The molecule has 0 bridgehead atoms. The molecular formula is C106H141ClF4N12O17S2. The number of aromatic amines is 1. The number of piperidine rings is 1. The molecule has 2 unspecified atom stereocenters. The molecule has 0 spiro atoms. The van der Waals surface area contributed by atoms with Gasteiger partial charge in [-0.05, 0) is 200 Å². The second kappa shape index (κ2) is 59.5. The van der Waals surface area contributed by atoms with Gasteiger partial charge in [-0.3, -0.25) is 43.3 Å². The number of nitrogens with two attached hydrogens (primary N) is 3. The minimum absolute atomic E-state index is 0. The molecule has 1 saturated heterocycles. The van der Waals surface area contributed by atoms with E-state index in [4.69, 9.17) is 21.9 Å². The maximum absolute atomic E-state index is 14.6. The van der Waals surface area contributed by atoms with Crippen molar-refractivity contribution in [1.82, 2.24) is 45.5 Å². The standard InChI is InChI=1S/C38H48F2N4O5S.C35H46F2N4O5S.C33H46N4O7.ClH/c1-4-8-32(9-5-2)50(48,49)24-35(43-37(46)29-13-12-28-14-15-42-34(28)20-29)38(47)44(22-26-11-7-10-25(6-3)16-26)23-36(45)33(41)19-27-17-30(39)21-31(40)18-27;1-4-10-29(11-5-2)47(45,46)23-32(40-34(43)31-14-7-8-15-39-31)35(44)41(21-25-13-9-12-24(6-3)16-25)22-33(42)30(38)19-26-17-27(36)20-28(37)18-26;1-43-26-13-9-12-25(20-26)22-37(23-29(38)27(34)21-24-10-5-3-6-11-24)33(42)28(35-30(39)15-17-32(41)44-2)14-16-31(40)36-18-7-4-8-19-36;/h7,10-18,20-21,32-33,35-36,42,45H,4-6,8-9,19,22-24,41H2,1-3H3,(H,43,46);7-9,12-18,20,29-30,32-33,42H,4-6,10-11,19,21-23,38H2,1-3H3,(H,40,43);3,5-6,9-13,20,27-29,38H,4,7-8,14-19,21-23,34H2,1-2H3,(H,35,39);1H/t33-,35?,36+;30-,32?,33+;27-,28-,29+;/m000./s1. The zero-order chi connectivity index (χ0) is 103. The number of nitrogens with one attached hydrogen (secondary N) is 4. The highest BCUT2D eigenvalue weighted by atomic mass is 35.5. The van der Waals surface area contributed by atoms with Crippen LogP contribution in [-0.4, -0.2) is 233 Å². The topological polar surface area (TPSA) is 440 Å². The van der Waals surface area contributed by atoms with Gasteiger partial charge >= 0.3 is 5.97 Å². The lowest BCUT2D eigenvalue weighted by molar-refractivity contribution is -0.142. The molecule has 0 radical (unpaired) electrons. The number of sulfone groups is 2. The van der Waals surface area contributed by atoms with Crippen molar-refractivity contribution in [2.24, 2.45) is 17.2 Å². The second-order valence-electron chi connectivity index (χ2n) is 36.0. The number of aryl methyl sites for hydroxylation is 2. The Balaban J connectivity index is 0.000000289. The van der Waals surface area contributed by atoms with Crippen molar-refractivity contribution in [2.45, 2.75) is 255 Å². The van der Waals surface area contributed by atoms with Crippen LogP contribution in [0.4, 0.5) is 17.6 Å². The Hall–Kier alpha value is -11.5. The van der Waals surface area contributed by atoms with E-state index >= 15 is 0 Å². The van der Waals surface area contributed by atoms with Gasteiger partial charge in [0.25, 0.3) is 11.8 Å². The summed E-state index contributed by atoms with van der Waals surface area (Å²) in [5.41, 5.74) is 25.5. The molecule has 1 fully saturated rings. The Kier molecular flexibility index (Phi) is 49.2. The Labute approximate surface area is 837 Å². The van der Waals surface area contributed by atoms with Gasteiger partial charge in [-0.15, -0.1) is 12.4 Å². The van der Waals surface area contributed by atoms with E-state index in [1.165, 1.54) is 34.1 Å². The van der Waals surface area contributed by atoms with Crippen LogP contribution in [0, 0.1) is 23.3 Å². The van der Waals surface area contributed by atoms with E-state index in [0.29, 0.717) is 82.1 Å². The number of aliphatic hydroxyl groups is 3. The Bertz CT molecular complexity index is 5710. The van der Waals surface area contributed by atoms with Gasteiger partial charge in [-0.1, -0.05) is 170 Å². The number of H-pyrrole nitrogens is 1. The number of aliphatic hydroxyl groups excluding tert-OH is 3. The number of nitrogens with zero attached hydrogens (tertiary/aromatic N) is 5. The van der Waals surface area contributed by atoms with Crippen molar-refractivity contribution < 1.29 is 97.5 Å². The van der Waals surface area contributed by atoms with Crippen LogP contribution in [0.25, 0.3) is 10.9 Å². The fraction of sp³-hybridized carbons (Fsp3) is 0.462. The normalized spacial score (nSPS) is 14.0. The van der Waals surface area contributed by atoms with E-state index in [-0.39, 0.29) is 118 Å². The van der Waals surface area contributed by atoms with Crippen molar-refractivity contribution in [2.75, 3.05) is 58.4 Å². The number of hydrogen-bond acceptors (Lipinski definition) is 21. The number of halogens is 5. The molecule has 2 aromatic heterocycles. The number of hydrogen-bond donors (Lipinski definition) is 10. The number of amides is 7. The molecule has 13 N–H and O–H groups in total. The van der Waals surface area contributed by atoms with Crippen molar-refractivity contribution in [1.29, 1.82) is 0 Å². The van der Waals surface area contributed by atoms with E-state index in [1.54, 1.807) is 72.8 Å². The molecule has 3 heterocycles. The largest absolute Gasteiger partial charge is 0.497 e. The monoisotopic (exact) mass is 2030 g/mol. The first-order valence-corrected chi connectivity index (χ1v) is 51.9. The number of fused-ring (bicyclic) bond motifs is 1. The summed E-state index contributed by atoms with van der Waals surface area (Å²) in [5, 5.41) is 41.2. The van der Waals surface area contributed by atoms with Crippen LogP contribution in [0.15, 0.2) is 194 Å². The molecule has 9 aromatic rings. The quantitative estimate of drug-likeness (QED) is 0.0125. The van der Waals surface area contributed by atoms with Gasteiger partial charge in [-0.25, -0.2) is 34.4 Å². The minimum atomic E-state index is -3.88. The fourth-order valence-electron chi connectivity index (χ4n) is 17.0. The Morgan fingerprint density at radius 1 is 0.458 bits per heavy atom. The maximum Gasteiger partial charge on any atom is 0.306 e. The highest BCUT2D eigenvalue weighted by Crippen LogP contribution is 2.27. The number of carbonyl (C=O) groups is 8. The summed E-state index contributed by atoms with van der Waals surface area (Å²) in [5.74, 6) is -8.19. The van der Waals surface area contributed by atoms with Crippen molar-refractivity contribution in [3.8, 4) is 5.75 Å². The first-order valence-electron chi connectivity index (χ1n) is 48.5. The lowest BCUT2D eigenvalue weighted by atomic mass is 10.0. The van der Waals surface area contributed by atoms with Gasteiger partial charge in [0.2, 0.25) is 29.5 Å². The molecular weight excluding hydrogens is 1890 g/mol. The highest BCUT2D eigenvalue weighted by Gasteiger charge is 2.40. The minimum Gasteiger partial charge on any atom is -0.497 e. The van der Waals surface area contributed by atoms with Crippen molar-refractivity contribution >= 4 is 90.3 Å². The second-order valence-corrected chi connectivity index (χ2v) is 40.6. The molecule has 10 rings (SSSR count).